The topological polar surface area (TPSA) is 88.5 Å². The fourth-order valence-electron chi connectivity index (χ4n) is 3.18. The largest absolute Gasteiger partial charge is 0.474 e. The molecule has 3 rings (SSSR count). The first-order chi connectivity index (χ1) is 14.0. The molecule has 8 nitrogen and oxygen atoms in total. The lowest BCUT2D eigenvalue weighted by Gasteiger charge is -2.33. The van der Waals surface area contributed by atoms with Crippen LogP contribution in [-0.4, -0.2) is 63.0 Å². The molecular formula is C21H29N3O5S. The van der Waals surface area contributed by atoms with Gasteiger partial charge in [0.05, 0.1) is 4.90 Å². The van der Waals surface area contributed by atoms with E-state index in [0.717, 1.165) is 18.5 Å². The van der Waals surface area contributed by atoms with E-state index in [1.807, 2.05) is 31.9 Å². The number of carbonyl (C=O) groups excluding carboxylic acids is 1. The number of aliphatic imine (C=N–C) groups is 1. The van der Waals surface area contributed by atoms with Crippen LogP contribution in [0.25, 0.3) is 0 Å². The number of sulfone groups is 1. The highest BCUT2D eigenvalue weighted by Gasteiger charge is 2.28. The number of amides is 1. The third kappa shape index (κ3) is 5.98. The predicted octanol–water partition coefficient (Wildman–Crippen LogP) is 3.20. The number of benzene rings is 1. The summed E-state index contributed by atoms with van der Waals surface area (Å²) in [7, 11) is -3.21. The van der Waals surface area contributed by atoms with Crippen molar-refractivity contribution in [2.45, 2.75) is 50.2 Å². The number of rotatable bonds is 3. The zero-order chi connectivity index (χ0) is 21.9. The van der Waals surface area contributed by atoms with Crippen molar-refractivity contribution in [2.75, 3.05) is 30.9 Å². The molecule has 30 heavy (non-hydrogen) atoms. The Morgan fingerprint density at radius 1 is 1.13 bits per heavy atom. The molecule has 2 aliphatic heterocycles. The van der Waals surface area contributed by atoms with E-state index in [-0.39, 0.29) is 17.1 Å². The Labute approximate surface area is 178 Å². The van der Waals surface area contributed by atoms with Gasteiger partial charge >= 0.3 is 6.09 Å². The number of piperidine rings is 1. The first kappa shape index (κ1) is 22.1. The van der Waals surface area contributed by atoms with Crippen LogP contribution < -0.4 is 4.90 Å². The molecule has 0 unspecified atom stereocenters. The summed E-state index contributed by atoms with van der Waals surface area (Å²) in [4.78, 5) is 20.5. The molecular weight excluding hydrogens is 406 g/mol. The van der Waals surface area contributed by atoms with Crippen LogP contribution in [0.15, 0.2) is 46.4 Å². The number of anilines is 1. The molecule has 0 N–H and O–H groups in total. The maximum absolute atomic E-state index is 12.1. The zero-order valence-corrected chi connectivity index (χ0v) is 18.7. The van der Waals surface area contributed by atoms with E-state index in [4.69, 9.17) is 9.47 Å². The minimum atomic E-state index is -3.21. The Bertz CT molecular complexity index is 924. The summed E-state index contributed by atoms with van der Waals surface area (Å²) >= 11 is 0. The molecule has 1 fully saturated rings. The molecule has 0 bridgehead atoms. The summed E-state index contributed by atoms with van der Waals surface area (Å²) in [5, 5.41) is 0. The van der Waals surface area contributed by atoms with E-state index in [1.165, 1.54) is 6.26 Å². The Balaban J connectivity index is 1.48. The van der Waals surface area contributed by atoms with Gasteiger partial charge in [-0.2, -0.15) is 0 Å². The van der Waals surface area contributed by atoms with Crippen molar-refractivity contribution in [1.29, 1.82) is 0 Å². The SMILES string of the molecule is CC(C)(C)OC(=O)N1CCC(OC2=NCN(c3ccc(S(C)(=O)=O)cc3)C=C2)CC1. The molecule has 1 saturated heterocycles. The second-order valence-corrected chi connectivity index (χ2v) is 10.5. The standard InChI is InChI=1S/C21H29N3O5S/c1-21(2,3)29-20(25)23-12-9-17(10-13-23)28-19-11-14-24(15-22-19)16-5-7-18(8-6-16)30(4,26)27/h5-8,11,14,17H,9-10,12-13,15H2,1-4H3. The van der Waals surface area contributed by atoms with Crippen molar-refractivity contribution in [2.24, 2.45) is 4.99 Å². The fourth-order valence-corrected chi connectivity index (χ4v) is 3.81. The molecule has 0 spiro atoms. The van der Waals surface area contributed by atoms with Crippen LogP contribution in [0.1, 0.15) is 33.6 Å². The molecule has 164 valence electrons. The molecule has 2 aliphatic rings. The molecule has 0 aromatic heterocycles. The van der Waals surface area contributed by atoms with E-state index in [2.05, 4.69) is 4.99 Å². The molecule has 0 atom stereocenters. The van der Waals surface area contributed by atoms with Gasteiger partial charge in [-0.3, -0.25) is 0 Å². The summed E-state index contributed by atoms with van der Waals surface area (Å²) in [5.74, 6) is 0.565. The second kappa shape index (κ2) is 8.67. The van der Waals surface area contributed by atoms with E-state index in [1.54, 1.807) is 35.2 Å². The lowest BCUT2D eigenvalue weighted by Crippen LogP contribution is -2.43. The average molecular weight is 436 g/mol. The molecule has 0 radical (unpaired) electrons. The molecule has 1 aromatic rings. The number of ether oxygens (including phenoxy) is 2. The summed E-state index contributed by atoms with van der Waals surface area (Å²) < 4.78 is 34.6. The van der Waals surface area contributed by atoms with E-state index >= 15 is 0 Å². The van der Waals surface area contributed by atoms with Gasteiger partial charge in [-0.25, -0.2) is 18.2 Å². The summed E-state index contributed by atoms with van der Waals surface area (Å²) in [6, 6.07) is 6.70. The van der Waals surface area contributed by atoms with Crippen LogP contribution in [0, 0.1) is 0 Å². The van der Waals surface area contributed by atoms with E-state index in [0.29, 0.717) is 25.7 Å². The van der Waals surface area contributed by atoms with Crippen LogP contribution >= 0.6 is 0 Å². The highest BCUT2D eigenvalue weighted by atomic mass is 32.2. The average Bonchev–Trinajstić information content (AvgIpc) is 2.67. The van der Waals surface area contributed by atoms with Crippen molar-refractivity contribution in [3.8, 4) is 0 Å². The number of hydrogen-bond acceptors (Lipinski definition) is 7. The van der Waals surface area contributed by atoms with Gasteiger partial charge in [0.2, 0.25) is 5.90 Å². The maximum Gasteiger partial charge on any atom is 0.410 e. The predicted molar refractivity (Wildman–Crippen MR) is 115 cm³/mol. The van der Waals surface area contributed by atoms with Crippen molar-refractivity contribution in [1.82, 2.24) is 4.90 Å². The minimum Gasteiger partial charge on any atom is -0.474 e. The first-order valence-electron chi connectivity index (χ1n) is 9.95. The Kier molecular flexibility index (Phi) is 6.40. The van der Waals surface area contributed by atoms with Gasteiger partial charge in [0, 0.05) is 50.2 Å². The van der Waals surface area contributed by atoms with Crippen LogP contribution in [0.3, 0.4) is 0 Å². The third-order valence-electron chi connectivity index (χ3n) is 4.75. The number of carbonyl (C=O) groups is 1. The van der Waals surface area contributed by atoms with Crippen molar-refractivity contribution in [3.05, 3.63) is 36.5 Å². The van der Waals surface area contributed by atoms with Gasteiger partial charge in [-0.15, -0.1) is 0 Å². The Morgan fingerprint density at radius 2 is 1.77 bits per heavy atom. The van der Waals surface area contributed by atoms with Crippen LogP contribution in [0.2, 0.25) is 0 Å². The molecule has 1 aromatic carbocycles. The van der Waals surface area contributed by atoms with Gasteiger partial charge in [0.1, 0.15) is 18.4 Å². The Morgan fingerprint density at radius 3 is 2.27 bits per heavy atom. The lowest BCUT2D eigenvalue weighted by molar-refractivity contribution is 0.0116. The van der Waals surface area contributed by atoms with Gasteiger partial charge in [-0.05, 0) is 45.0 Å². The van der Waals surface area contributed by atoms with E-state index in [9.17, 15) is 13.2 Å². The second-order valence-electron chi connectivity index (χ2n) is 8.47. The fraction of sp³-hybridized carbons (Fsp3) is 0.524. The lowest BCUT2D eigenvalue weighted by atomic mass is 10.1. The van der Waals surface area contributed by atoms with Crippen molar-refractivity contribution < 1.29 is 22.7 Å². The molecule has 9 heteroatoms. The normalized spacial score (nSPS) is 18.2. The highest BCUT2D eigenvalue weighted by Crippen LogP contribution is 2.21. The molecule has 0 aliphatic carbocycles. The van der Waals surface area contributed by atoms with Gasteiger partial charge < -0.3 is 19.3 Å². The molecule has 1 amide bonds. The number of hydrogen-bond donors (Lipinski definition) is 0. The summed E-state index contributed by atoms with van der Waals surface area (Å²) in [6.07, 6.45) is 6.03. The van der Waals surface area contributed by atoms with Crippen LogP contribution in [0.5, 0.6) is 0 Å². The summed E-state index contributed by atoms with van der Waals surface area (Å²) in [5.41, 5.74) is 0.357. The minimum absolute atomic E-state index is 0.00711. The quantitative estimate of drug-likeness (QED) is 0.724. The summed E-state index contributed by atoms with van der Waals surface area (Å²) in [6.45, 7) is 7.15. The number of likely N-dealkylation sites (tertiary alicyclic amines) is 1. The van der Waals surface area contributed by atoms with E-state index < -0.39 is 15.4 Å². The van der Waals surface area contributed by atoms with Crippen LogP contribution in [-0.2, 0) is 19.3 Å². The third-order valence-corrected chi connectivity index (χ3v) is 5.88. The smallest absolute Gasteiger partial charge is 0.410 e. The monoisotopic (exact) mass is 435 g/mol. The van der Waals surface area contributed by atoms with Gasteiger partial charge in [0.15, 0.2) is 9.84 Å². The molecule has 0 saturated carbocycles. The zero-order valence-electron chi connectivity index (χ0n) is 17.9. The Hall–Kier alpha value is -2.55. The van der Waals surface area contributed by atoms with Crippen molar-refractivity contribution in [3.63, 3.8) is 0 Å². The molecule has 2 heterocycles. The van der Waals surface area contributed by atoms with Gasteiger partial charge in [-0.1, -0.05) is 0 Å². The van der Waals surface area contributed by atoms with Gasteiger partial charge in [0.25, 0.3) is 0 Å². The number of nitrogens with zero attached hydrogens (tertiary/aromatic N) is 3. The van der Waals surface area contributed by atoms with Crippen molar-refractivity contribution >= 4 is 27.5 Å². The highest BCUT2D eigenvalue weighted by molar-refractivity contribution is 7.90. The van der Waals surface area contributed by atoms with Crippen LogP contribution in [0.4, 0.5) is 10.5 Å². The first-order valence-corrected chi connectivity index (χ1v) is 11.8. The maximum atomic E-state index is 12.1.